The first-order valence-electron chi connectivity index (χ1n) is 5.89. The van der Waals surface area contributed by atoms with Crippen LogP contribution in [0.1, 0.15) is 36.2 Å². The van der Waals surface area contributed by atoms with E-state index in [2.05, 4.69) is 9.84 Å². The molecule has 1 aliphatic heterocycles. The molecule has 0 amide bonds. The van der Waals surface area contributed by atoms with E-state index in [-0.39, 0.29) is 13.0 Å². The highest BCUT2D eigenvalue weighted by molar-refractivity contribution is 5.88. The third-order valence-electron chi connectivity index (χ3n) is 3.54. The number of carbonyl (C=O) groups excluding carboxylic acids is 1. The summed E-state index contributed by atoms with van der Waals surface area (Å²) in [6, 6.07) is 6.23. The van der Waals surface area contributed by atoms with Crippen LogP contribution in [0, 0.1) is 0 Å². The van der Waals surface area contributed by atoms with E-state index in [1.54, 1.807) is 12.1 Å². The standard InChI is InChI=1S/C13H16FNO3.CH4/c1-15-8-6-13(17,7-9-15)11-4-2-10(3-5-11)12(16)18-14;/h2-5,17H,6-9H2,1H3;1H4. The third-order valence-corrected chi connectivity index (χ3v) is 3.54. The summed E-state index contributed by atoms with van der Waals surface area (Å²) in [7, 11) is 2.01. The van der Waals surface area contributed by atoms with Crippen LogP contribution in [0.5, 0.6) is 0 Å². The van der Waals surface area contributed by atoms with E-state index >= 15 is 0 Å². The fraction of sp³-hybridized carbons (Fsp3) is 0.500. The summed E-state index contributed by atoms with van der Waals surface area (Å²) in [6.45, 7) is 1.65. The number of carbonyl (C=O) groups is 1. The lowest BCUT2D eigenvalue weighted by molar-refractivity contribution is -0.0788. The molecule has 106 valence electrons. The van der Waals surface area contributed by atoms with Crippen LogP contribution < -0.4 is 0 Å². The first-order chi connectivity index (χ1) is 8.55. The summed E-state index contributed by atoms with van der Waals surface area (Å²) in [5.41, 5.74) is 0.0359. The van der Waals surface area contributed by atoms with Crippen molar-refractivity contribution in [2.45, 2.75) is 25.9 Å². The molecular weight excluding hydrogens is 249 g/mol. The minimum atomic E-state index is -1.02. The normalized spacial score (nSPS) is 18.5. The van der Waals surface area contributed by atoms with E-state index in [1.165, 1.54) is 12.1 Å². The lowest BCUT2D eigenvalue weighted by atomic mass is 9.84. The van der Waals surface area contributed by atoms with Gasteiger partial charge < -0.3 is 10.0 Å². The molecule has 1 saturated heterocycles. The molecule has 1 aliphatic rings. The van der Waals surface area contributed by atoms with Crippen molar-refractivity contribution in [1.29, 1.82) is 0 Å². The van der Waals surface area contributed by atoms with Crippen molar-refractivity contribution in [3.63, 3.8) is 0 Å². The zero-order valence-electron chi connectivity index (χ0n) is 10.2. The molecule has 5 heteroatoms. The van der Waals surface area contributed by atoms with Gasteiger partial charge in [0.05, 0.1) is 11.2 Å². The Bertz CT molecular complexity index is 425. The summed E-state index contributed by atoms with van der Waals surface area (Å²) >= 11 is 0. The highest BCUT2D eigenvalue weighted by atomic mass is 19.3. The second kappa shape index (κ2) is 6.12. The number of likely N-dealkylation sites (tertiary alicyclic amines) is 1. The average molecular weight is 269 g/mol. The van der Waals surface area contributed by atoms with Crippen LogP contribution in [0.15, 0.2) is 24.3 Å². The quantitative estimate of drug-likeness (QED) is 0.895. The van der Waals surface area contributed by atoms with E-state index in [4.69, 9.17) is 0 Å². The Labute approximate surface area is 112 Å². The Balaban J connectivity index is 0.00000180. The number of hydrogen-bond donors (Lipinski definition) is 1. The molecule has 1 heterocycles. The zero-order chi connectivity index (χ0) is 13.2. The van der Waals surface area contributed by atoms with Gasteiger partial charge in [0.2, 0.25) is 0 Å². The SMILES string of the molecule is C.CN1CCC(O)(c2ccc(C(=O)OF)cc2)CC1. The summed E-state index contributed by atoms with van der Waals surface area (Å²) in [5.74, 6) is -1.02. The molecule has 2 rings (SSSR count). The lowest BCUT2D eigenvalue weighted by Gasteiger charge is -2.36. The number of aliphatic hydroxyl groups is 1. The molecule has 0 spiro atoms. The highest BCUT2D eigenvalue weighted by Crippen LogP contribution is 2.32. The molecule has 1 N–H and O–H groups in total. The second-order valence-electron chi connectivity index (χ2n) is 4.78. The molecule has 0 saturated carbocycles. The fourth-order valence-corrected chi connectivity index (χ4v) is 2.24. The Morgan fingerprint density at radius 3 is 2.32 bits per heavy atom. The average Bonchev–Trinajstić information content (AvgIpc) is 2.41. The first kappa shape index (κ1) is 15.6. The molecule has 0 radical (unpaired) electrons. The molecule has 1 fully saturated rings. The van der Waals surface area contributed by atoms with Crippen molar-refractivity contribution < 1.29 is 19.4 Å². The van der Waals surface area contributed by atoms with Crippen LogP contribution in [0.4, 0.5) is 4.53 Å². The van der Waals surface area contributed by atoms with E-state index in [1.807, 2.05) is 7.05 Å². The molecule has 1 aromatic carbocycles. The molecule has 0 aliphatic carbocycles. The Morgan fingerprint density at radius 2 is 1.84 bits per heavy atom. The number of benzene rings is 1. The molecule has 1 aromatic rings. The van der Waals surface area contributed by atoms with Crippen LogP contribution in [-0.4, -0.2) is 36.1 Å². The van der Waals surface area contributed by atoms with E-state index in [0.29, 0.717) is 12.8 Å². The molecule has 0 unspecified atom stereocenters. The van der Waals surface area contributed by atoms with Crippen LogP contribution in [0.3, 0.4) is 0 Å². The predicted octanol–water partition coefficient (Wildman–Crippen LogP) is 2.28. The van der Waals surface area contributed by atoms with Gasteiger partial charge in [-0.3, -0.25) is 0 Å². The number of nitrogens with zero attached hydrogens (tertiary/aromatic N) is 1. The van der Waals surface area contributed by atoms with E-state index in [0.717, 1.165) is 18.7 Å². The number of halogens is 1. The maximum Gasteiger partial charge on any atom is 0.379 e. The maximum atomic E-state index is 11.7. The van der Waals surface area contributed by atoms with E-state index in [9.17, 15) is 14.4 Å². The molecule has 0 atom stereocenters. The summed E-state index contributed by atoms with van der Waals surface area (Å²) in [6.07, 6.45) is 1.30. The van der Waals surface area contributed by atoms with Gasteiger partial charge in [0, 0.05) is 17.6 Å². The van der Waals surface area contributed by atoms with Crippen molar-refractivity contribution in [3.8, 4) is 0 Å². The smallest absolute Gasteiger partial charge is 0.379 e. The van der Waals surface area contributed by atoms with Gasteiger partial charge in [-0.15, -0.1) is 0 Å². The van der Waals surface area contributed by atoms with Gasteiger partial charge in [0.1, 0.15) is 0 Å². The predicted molar refractivity (Wildman–Crippen MR) is 70.3 cm³/mol. The third kappa shape index (κ3) is 3.30. The van der Waals surface area contributed by atoms with Gasteiger partial charge in [-0.05, 0) is 37.6 Å². The topological polar surface area (TPSA) is 49.8 Å². The van der Waals surface area contributed by atoms with Crippen LogP contribution in [-0.2, 0) is 10.5 Å². The van der Waals surface area contributed by atoms with Crippen LogP contribution in [0.2, 0.25) is 0 Å². The summed E-state index contributed by atoms with van der Waals surface area (Å²) < 4.78 is 11.7. The molecule has 19 heavy (non-hydrogen) atoms. The van der Waals surface area contributed by atoms with Crippen molar-refractivity contribution >= 4 is 5.97 Å². The number of rotatable bonds is 2. The Morgan fingerprint density at radius 1 is 1.32 bits per heavy atom. The fourth-order valence-electron chi connectivity index (χ4n) is 2.24. The molecular formula is C14H20FNO3. The first-order valence-corrected chi connectivity index (χ1v) is 5.89. The molecule has 0 aromatic heterocycles. The summed E-state index contributed by atoms with van der Waals surface area (Å²) in [4.78, 5) is 16.3. The van der Waals surface area contributed by atoms with Gasteiger partial charge >= 0.3 is 5.97 Å². The Kier molecular flexibility index (Phi) is 5.03. The van der Waals surface area contributed by atoms with Gasteiger partial charge in [-0.1, -0.05) is 19.6 Å². The number of hydrogen-bond acceptors (Lipinski definition) is 4. The van der Waals surface area contributed by atoms with Crippen LogP contribution >= 0.6 is 0 Å². The minimum absolute atomic E-state index is 0. The van der Waals surface area contributed by atoms with Gasteiger partial charge in [0.15, 0.2) is 0 Å². The van der Waals surface area contributed by atoms with Crippen LogP contribution in [0.25, 0.3) is 0 Å². The molecule has 4 nitrogen and oxygen atoms in total. The lowest BCUT2D eigenvalue weighted by Crippen LogP contribution is -2.40. The van der Waals surface area contributed by atoms with E-state index < -0.39 is 11.6 Å². The monoisotopic (exact) mass is 269 g/mol. The van der Waals surface area contributed by atoms with Crippen molar-refractivity contribution in [2.75, 3.05) is 20.1 Å². The summed E-state index contributed by atoms with van der Waals surface area (Å²) in [5, 5.41) is 10.5. The number of piperidine rings is 1. The second-order valence-corrected chi connectivity index (χ2v) is 4.78. The largest absolute Gasteiger partial charge is 0.385 e. The van der Waals surface area contributed by atoms with Crippen molar-refractivity contribution in [3.05, 3.63) is 35.4 Å². The minimum Gasteiger partial charge on any atom is -0.385 e. The van der Waals surface area contributed by atoms with Gasteiger partial charge in [-0.2, -0.15) is 0 Å². The maximum absolute atomic E-state index is 11.7. The van der Waals surface area contributed by atoms with Gasteiger partial charge in [-0.25, -0.2) is 9.74 Å². The van der Waals surface area contributed by atoms with Crippen molar-refractivity contribution in [2.24, 2.45) is 0 Å². The molecule has 0 bridgehead atoms. The van der Waals surface area contributed by atoms with Crippen molar-refractivity contribution in [1.82, 2.24) is 4.90 Å². The highest BCUT2D eigenvalue weighted by Gasteiger charge is 2.32. The Hall–Kier alpha value is -1.46. The van der Waals surface area contributed by atoms with Gasteiger partial charge in [0.25, 0.3) is 0 Å². The zero-order valence-corrected chi connectivity index (χ0v) is 10.2.